The van der Waals surface area contributed by atoms with Gasteiger partial charge in [-0.3, -0.25) is 0 Å². The van der Waals surface area contributed by atoms with Crippen LogP contribution in [0, 0.1) is 52.3 Å². The van der Waals surface area contributed by atoms with E-state index in [1.54, 1.807) is 0 Å². The Kier molecular flexibility index (Phi) is 5.19. The van der Waals surface area contributed by atoms with Gasteiger partial charge in [-0.25, -0.2) is 0 Å². The Morgan fingerprint density at radius 2 is 1.75 bits per heavy atom. The van der Waals surface area contributed by atoms with Crippen molar-refractivity contribution in [1.82, 2.24) is 5.32 Å². The topological polar surface area (TPSA) is 32.3 Å². The van der Waals surface area contributed by atoms with E-state index in [4.69, 9.17) is 0 Å². The molecule has 1 heterocycles. The van der Waals surface area contributed by atoms with Crippen molar-refractivity contribution >= 4 is 0 Å². The first-order valence-electron chi connectivity index (χ1n) is 12.5. The molecule has 5 aliphatic rings. The maximum absolute atomic E-state index is 10.4. The quantitative estimate of drug-likeness (QED) is 0.636. The van der Waals surface area contributed by atoms with Crippen molar-refractivity contribution in [2.45, 2.75) is 78.1 Å². The van der Waals surface area contributed by atoms with Gasteiger partial charge < -0.3 is 10.4 Å². The normalized spacial score (nSPS) is 53.8. The molecule has 1 aliphatic heterocycles. The third kappa shape index (κ3) is 3.13. The molecule has 2 heteroatoms. The second-order valence-corrected chi connectivity index (χ2v) is 11.9. The molecular formula is C26H43NO. The van der Waals surface area contributed by atoms with E-state index >= 15 is 0 Å². The Labute approximate surface area is 172 Å². The van der Waals surface area contributed by atoms with E-state index in [1.165, 1.54) is 77.3 Å². The van der Waals surface area contributed by atoms with Crippen LogP contribution in [0.15, 0.2) is 12.2 Å². The highest BCUT2D eigenvalue weighted by Gasteiger charge is 2.59. The van der Waals surface area contributed by atoms with E-state index in [-0.39, 0.29) is 0 Å². The summed E-state index contributed by atoms with van der Waals surface area (Å²) in [5.74, 6) is 5.59. The molecule has 1 unspecified atom stereocenters. The van der Waals surface area contributed by atoms with Crippen LogP contribution < -0.4 is 5.32 Å². The van der Waals surface area contributed by atoms with E-state index in [1.807, 2.05) is 0 Å². The minimum Gasteiger partial charge on any atom is -0.396 e. The van der Waals surface area contributed by atoms with Crippen LogP contribution in [-0.4, -0.2) is 24.8 Å². The molecule has 158 valence electrons. The van der Waals surface area contributed by atoms with Crippen LogP contribution in [0.2, 0.25) is 0 Å². The SMILES string of the molecule is C[C@@]12CCC[C@H]1[C@@H]1C[C@H](CO)C3C[C@H](/C=C\[C@@H]4CCNC4)CC[C@]3(C)[C@H]1CC2. The second kappa shape index (κ2) is 7.41. The predicted octanol–water partition coefficient (Wildman–Crippen LogP) is 5.42. The summed E-state index contributed by atoms with van der Waals surface area (Å²) in [6, 6.07) is 0. The van der Waals surface area contributed by atoms with Gasteiger partial charge in [0.1, 0.15) is 0 Å². The largest absolute Gasteiger partial charge is 0.396 e. The van der Waals surface area contributed by atoms with E-state index in [0.29, 0.717) is 23.4 Å². The summed E-state index contributed by atoms with van der Waals surface area (Å²) < 4.78 is 0. The molecule has 0 aromatic carbocycles. The lowest BCUT2D eigenvalue weighted by atomic mass is 9.42. The van der Waals surface area contributed by atoms with Gasteiger partial charge in [0.05, 0.1) is 0 Å². The summed E-state index contributed by atoms with van der Waals surface area (Å²) in [5.41, 5.74) is 1.11. The molecule has 2 N–H and O–H groups in total. The smallest absolute Gasteiger partial charge is 0.0462 e. The van der Waals surface area contributed by atoms with Crippen LogP contribution in [-0.2, 0) is 0 Å². The van der Waals surface area contributed by atoms with Crippen molar-refractivity contribution in [2.75, 3.05) is 19.7 Å². The number of hydrogen-bond acceptors (Lipinski definition) is 2. The Hall–Kier alpha value is -0.340. The lowest BCUT2D eigenvalue weighted by Crippen LogP contribution is -2.56. The molecule has 0 aromatic heterocycles. The van der Waals surface area contributed by atoms with Crippen molar-refractivity contribution in [3.63, 3.8) is 0 Å². The standard InChI is InChI=1S/C26H43NO/c1-25-10-3-4-22(25)21-15-20(17-28)24-14-18(5-6-19-9-13-27-16-19)7-12-26(24,2)23(21)8-11-25/h5-6,18-24,27-28H,3-4,7-17H2,1-2H3/b6-5-/t18-,19-,20-,21+,22+,23+,24?,25+,26-/m1/s1. The molecule has 0 bridgehead atoms. The van der Waals surface area contributed by atoms with Crippen LogP contribution in [0.25, 0.3) is 0 Å². The zero-order chi connectivity index (χ0) is 19.4. The van der Waals surface area contributed by atoms with Crippen LogP contribution in [0.4, 0.5) is 0 Å². The molecule has 0 amide bonds. The maximum atomic E-state index is 10.4. The third-order valence-corrected chi connectivity index (χ3v) is 10.7. The fourth-order valence-corrected chi connectivity index (χ4v) is 9.06. The molecule has 4 aliphatic carbocycles. The first-order chi connectivity index (χ1) is 13.5. The molecule has 0 radical (unpaired) electrons. The van der Waals surface area contributed by atoms with Crippen LogP contribution in [0.5, 0.6) is 0 Å². The summed E-state index contributed by atoms with van der Waals surface area (Å²) >= 11 is 0. The number of allylic oxidation sites excluding steroid dienone is 1. The molecule has 5 fully saturated rings. The molecule has 2 nitrogen and oxygen atoms in total. The molecule has 9 atom stereocenters. The maximum Gasteiger partial charge on any atom is 0.0462 e. The first kappa shape index (κ1) is 19.6. The molecule has 0 aromatic rings. The Morgan fingerprint density at radius 3 is 2.54 bits per heavy atom. The average Bonchev–Trinajstić information content (AvgIpc) is 3.34. The summed E-state index contributed by atoms with van der Waals surface area (Å²) in [4.78, 5) is 0. The summed E-state index contributed by atoms with van der Waals surface area (Å²) in [5, 5.41) is 13.9. The van der Waals surface area contributed by atoms with E-state index < -0.39 is 0 Å². The van der Waals surface area contributed by atoms with Gasteiger partial charge in [-0.15, -0.1) is 0 Å². The van der Waals surface area contributed by atoms with Gasteiger partial charge in [0.2, 0.25) is 0 Å². The number of rotatable bonds is 3. The van der Waals surface area contributed by atoms with E-state index in [0.717, 1.165) is 35.5 Å². The van der Waals surface area contributed by atoms with Gasteiger partial charge in [0.25, 0.3) is 0 Å². The minimum absolute atomic E-state index is 0.426. The summed E-state index contributed by atoms with van der Waals surface area (Å²) in [6.45, 7) is 8.04. The Bertz CT molecular complexity index is 595. The van der Waals surface area contributed by atoms with Crippen molar-refractivity contribution < 1.29 is 5.11 Å². The van der Waals surface area contributed by atoms with E-state index in [2.05, 4.69) is 31.3 Å². The summed E-state index contributed by atoms with van der Waals surface area (Å²) in [7, 11) is 0. The minimum atomic E-state index is 0.426. The number of aliphatic hydroxyl groups is 1. The number of nitrogens with one attached hydrogen (secondary N) is 1. The molecule has 28 heavy (non-hydrogen) atoms. The highest BCUT2D eigenvalue weighted by atomic mass is 16.3. The summed E-state index contributed by atoms with van der Waals surface area (Å²) in [6.07, 6.45) is 19.2. The van der Waals surface area contributed by atoms with Gasteiger partial charge in [-0.2, -0.15) is 0 Å². The fraction of sp³-hybridized carbons (Fsp3) is 0.923. The van der Waals surface area contributed by atoms with Crippen LogP contribution in [0.3, 0.4) is 0 Å². The van der Waals surface area contributed by atoms with Crippen LogP contribution in [0.1, 0.15) is 78.1 Å². The van der Waals surface area contributed by atoms with E-state index in [9.17, 15) is 5.11 Å². The van der Waals surface area contributed by atoms with Gasteiger partial charge in [-0.1, -0.05) is 32.4 Å². The zero-order valence-corrected chi connectivity index (χ0v) is 18.3. The van der Waals surface area contributed by atoms with Gasteiger partial charge in [0, 0.05) is 13.2 Å². The second-order valence-electron chi connectivity index (χ2n) is 11.9. The fourth-order valence-electron chi connectivity index (χ4n) is 9.06. The van der Waals surface area contributed by atoms with Crippen molar-refractivity contribution in [3.05, 3.63) is 12.2 Å². The average molecular weight is 386 g/mol. The van der Waals surface area contributed by atoms with Crippen molar-refractivity contribution in [1.29, 1.82) is 0 Å². The Morgan fingerprint density at radius 1 is 0.893 bits per heavy atom. The monoisotopic (exact) mass is 385 g/mol. The van der Waals surface area contributed by atoms with Crippen molar-refractivity contribution in [2.24, 2.45) is 52.3 Å². The molecular weight excluding hydrogens is 342 g/mol. The van der Waals surface area contributed by atoms with Gasteiger partial charge >= 0.3 is 0 Å². The van der Waals surface area contributed by atoms with Gasteiger partial charge in [0.15, 0.2) is 0 Å². The molecule has 0 spiro atoms. The predicted molar refractivity (Wildman–Crippen MR) is 116 cm³/mol. The molecule has 5 rings (SSSR count). The van der Waals surface area contributed by atoms with Crippen LogP contribution >= 0.6 is 0 Å². The molecule has 1 saturated heterocycles. The lowest BCUT2D eigenvalue weighted by Gasteiger charge is -2.62. The number of aliphatic hydroxyl groups excluding tert-OH is 1. The number of hydrogen-bond donors (Lipinski definition) is 2. The lowest BCUT2D eigenvalue weighted by molar-refractivity contribution is -0.141. The van der Waals surface area contributed by atoms with Gasteiger partial charge in [-0.05, 0) is 117 Å². The third-order valence-electron chi connectivity index (χ3n) is 10.7. The first-order valence-corrected chi connectivity index (χ1v) is 12.5. The highest BCUT2D eigenvalue weighted by molar-refractivity contribution is 5.10. The Balaban J connectivity index is 1.35. The highest BCUT2D eigenvalue weighted by Crippen LogP contribution is 2.67. The zero-order valence-electron chi connectivity index (χ0n) is 18.3. The molecule has 4 saturated carbocycles. The number of fused-ring (bicyclic) bond motifs is 5. The van der Waals surface area contributed by atoms with Crippen molar-refractivity contribution in [3.8, 4) is 0 Å².